The molecule has 1 atom stereocenters. The predicted molar refractivity (Wildman–Crippen MR) is 61.6 cm³/mol. The summed E-state index contributed by atoms with van der Waals surface area (Å²) >= 11 is 1.58. The van der Waals surface area contributed by atoms with Gasteiger partial charge in [0, 0.05) is 5.38 Å². The molecule has 1 unspecified atom stereocenters. The molecular weight excluding hydrogens is 208 g/mol. The molecular formula is C11H14N2OS. The van der Waals surface area contributed by atoms with Gasteiger partial charge in [0.05, 0.1) is 11.8 Å². The summed E-state index contributed by atoms with van der Waals surface area (Å²) in [6.07, 6.45) is 2.52. The molecule has 2 aromatic rings. The van der Waals surface area contributed by atoms with Crippen LogP contribution >= 0.6 is 11.3 Å². The molecule has 3 nitrogen and oxygen atoms in total. The van der Waals surface area contributed by atoms with E-state index in [1.54, 1.807) is 17.6 Å². The van der Waals surface area contributed by atoms with Crippen molar-refractivity contribution in [1.82, 2.24) is 4.98 Å². The first kappa shape index (κ1) is 10.4. The molecule has 0 aliphatic rings. The number of hydrogen-bond acceptors (Lipinski definition) is 4. The average molecular weight is 222 g/mol. The molecule has 0 radical (unpaired) electrons. The van der Waals surface area contributed by atoms with E-state index in [-0.39, 0.29) is 5.54 Å². The lowest BCUT2D eigenvalue weighted by Crippen LogP contribution is -2.31. The monoisotopic (exact) mass is 222 g/mol. The van der Waals surface area contributed by atoms with Crippen LogP contribution in [0, 0.1) is 0 Å². The second-order valence-corrected chi connectivity index (χ2v) is 4.64. The maximum atomic E-state index is 6.12. The third-order valence-electron chi connectivity index (χ3n) is 2.50. The lowest BCUT2D eigenvalue weighted by atomic mass is 10.0. The van der Waals surface area contributed by atoms with E-state index in [2.05, 4.69) is 11.9 Å². The van der Waals surface area contributed by atoms with Gasteiger partial charge in [-0.25, -0.2) is 4.98 Å². The number of rotatable bonds is 3. The number of nitrogens with two attached hydrogens (primary N) is 1. The third kappa shape index (κ3) is 1.96. The maximum absolute atomic E-state index is 6.12. The SMILES string of the molecule is CCC(C)(N)c1nc(-c2ccco2)cs1. The summed E-state index contributed by atoms with van der Waals surface area (Å²) in [5.41, 5.74) is 6.65. The molecule has 0 amide bonds. The van der Waals surface area contributed by atoms with Gasteiger partial charge in [0.1, 0.15) is 10.7 Å². The predicted octanol–water partition coefficient (Wildman–Crippen LogP) is 2.99. The van der Waals surface area contributed by atoms with Crippen LogP contribution in [0.2, 0.25) is 0 Å². The van der Waals surface area contributed by atoms with Gasteiger partial charge in [-0.05, 0) is 25.5 Å². The first-order valence-corrected chi connectivity index (χ1v) is 5.80. The Hall–Kier alpha value is -1.13. The Labute approximate surface area is 92.9 Å². The largest absolute Gasteiger partial charge is 0.463 e. The van der Waals surface area contributed by atoms with E-state index in [1.165, 1.54) is 0 Å². The molecule has 0 spiro atoms. The van der Waals surface area contributed by atoms with Crippen LogP contribution in [-0.4, -0.2) is 4.98 Å². The maximum Gasteiger partial charge on any atom is 0.153 e. The average Bonchev–Trinajstić information content (AvgIpc) is 2.88. The highest BCUT2D eigenvalue weighted by atomic mass is 32.1. The zero-order chi connectivity index (χ0) is 10.9. The quantitative estimate of drug-likeness (QED) is 0.868. The summed E-state index contributed by atoms with van der Waals surface area (Å²) in [5.74, 6) is 0.796. The standard InChI is InChI=1S/C11H14N2OS/c1-3-11(2,12)10-13-8(7-15-10)9-5-4-6-14-9/h4-7H,3,12H2,1-2H3. The first-order valence-electron chi connectivity index (χ1n) is 4.92. The van der Waals surface area contributed by atoms with Gasteiger partial charge in [-0.2, -0.15) is 0 Å². The zero-order valence-electron chi connectivity index (χ0n) is 8.86. The van der Waals surface area contributed by atoms with E-state index in [9.17, 15) is 0 Å². The van der Waals surface area contributed by atoms with Crippen LogP contribution in [0.25, 0.3) is 11.5 Å². The van der Waals surface area contributed by atoms with Crippen molar-refractivity contribution in [2.24, 2.45) is 5.73 Å². The third-order valence-corrected chi connectivity index (χ3v) is 3.62. The summed E-state index contributed by atoms with van der Waals surface area (Å²) in [6.45, 7) is 4.06. The summed E-state index contributed by atoms with van der Waals surface area (Å²) < 4.78 is 5.28. The molecule has 2 aromatic heterocycles. The number of aromatic nitrogens is 1. The number of furan rings is 1. The van der Waals surface area contributed by atoms with Crippen LogP contribution in [0.15, 0.2) is 28.2 Å². The Morgan fingerprint density at radius 1 is 1.60 bits per heavy atom. The summed E-state index contributed by atoms with van der Waals surface area (Å²) in [6, 6.07) is 3.76. The van der Waals surface area contributed by atoms with Gasteiger partial charge < -0.3 is 10.2 Å². The highest BCUT2D eigenvalue weighted by Crippen LogP contribution is 2.29. The normalized spacial score (nSPS) is 15.1. The van der Waals surface area contributed by atoms with Gasteiger partial charge in [-0.15, -0.1) is 11.3 Å². The van der Waals surface area contributed by atoms with Crippen molar-refractivity contribution >= 4 is 11.3 Å². The van der Waals surface area contributed by atoms with Gasteiger partial charge in [-0.1, -0.05) is 6.92 Å². The Kier molecular flexibility index (Phi) is 2.63. The van der Waals surface area contributed by atoms with Gasteiger partial charge >= 0.3 is 0 Å². The molecule has 0 aliphatic heterocycles. The fraction of sp³-hybridized carbons (Fsp3) is 0.364. The molecule has 0 saturated heterocycles. The fourth-order valence-corrected chi connectivity index (χ4v) is 2.18. The fourth-order valence-electron chi connectivity index (χ4n) is 1.22. The highest BCUT2D eigenvalue weighted by molar-refractivity contribution is 7.10. The summed E-state index contributed by atoms with van der Waals surface area (Å²) in [7, 11) is 0. The summed E-state index contributed by atoms with van der Waals surface area (Å²) in [5, 5.41) is 2.94. The van der Waals surface area contributed by atoms with Crippen molar-refractivity contribution in [3.8, 4) is 11.5 Å². The smallest absolute Gasteiger partial charge is 0.153 e. The topological polar surface area (TPSA) is 52.0 Å². The van der Waals surface area contributed by atoms with Crippen molar-refractivity contribution in [3.05, 3.63) is 28.8 Å². The molecule has 2 N–H and O–H groups in total. The van der Waals surface area contributed by atoms with Crippen molar-refractivity contribution in [3.63, 3.8) is 0 Å². The minimum absolute atomic E-state index is 0.338. The molecule has 80 valence electrons. The second-order valence-electron chi connectivity index (χ2n) is 3.79. The molecule has 15 heavy (non-hydrogen) atoms. The van der Waals surface area contributed by atoms with Crippen LogP contribution in [0.3, 0.4) is 0 Å². The van der Waals surface area contributed by atoms with E-state index in [0.29, 0.717) is 0 Å². The molecule has 2 heterocycles. The van der Waals surface area contributed by atoms with Crippen molar-refractivity contribution in [2.75, 3.05) is 0 Å². The van der Waals surface area contributed by atoms with E-state index < -0.39 is 0 Å². The molecule has 0 aliphatic carbocycles. The molecule has 4 heteroatoms. The lowest BCUT2D eigenvalue weighted by molar-refractivity contribution is 0.473. The highest BCUT2D eigenvalue weighted by Gasteiger charge is 2.23. The van der Waals surface area contributed by atoms with Gasteiger partial charge in [0.2, 0.25) is 0 Å². The van der Waals surface area contributed by atoms with Crippen LogP contribution in [0.5, 0.6) is 0 Å². The minimum atomic E-state index is -0.338. The van der Waals surface area contributed by atoms with Gasteiger partial charge in [0.15, 0.2) is 5.76 Å². The first-order chi connectivity index (χ1) is 7.13. The Bertz CT molecular complexity index is 431. The molecule has 0 bridgehead atoms. The molecule has 0 aromatic carbocycles. The van der Waals surface area contributed by atoms with Gasteiger partial charge in [-0.3, -0.25) is 0 Å². The van der Waals surface area contributed by atoms with Crippen molar-refractivity contribution in [1.29, 1.82) is 0 Å². The zero-order valence-corrected chi connectivity index (χ0v) is 9.67. The van der Waals surface area contributed by atoms with E-state index >= 15 is 0 Å². The van der Waals surface area contributed by atoms with Crippen LogP contribution < -0.4 is 5.73 Å². The summed E-state index contributed by atoms with van der Waals surface area (Å²) in [4.78, 5) is 4.50. The van der Waals surface area contributed by atoms with Crippen molar-refractivity contribution < 1.29 is 4.42 Å². The molecule has 0 fully saturated rings. The Balaban J connectivity index is 2.33. The van der Waals surface area contributed by atoms with Crippen LogP contribution in [0.4, 0.5) is 0 Å². The van der Waals surface area contributed by atoms with Gasteiger partial charge in [0.25, 0.3) is 0 Å². The van der Waals surface area contributed by atoms with Crippen LogP contribution in [0.1, 0.15) is 25.3 Å². The minimum Gasteiger partial charge on any atom is -0.463 e. The number of thiazole rings is 1. The van der Waals surface area contributed by atoms with E-state index in [4.69, 9.17) is 10.2 Å². The van der Waals surface area contributed by atoms with Crippen LogP contribution in [-0.2, 0) is 5.54 Å². The van der Waals surface area contributed by atoms with E-state index in [1.807, 2.05) is 24.4 Å². The molecule has 0 saturated carbocycles. The number of hydrogen-bond donors (Lipinski definition) is 1. The van der Waals surface area contributed by atoms with Crippen molar-refractivity contribution in [2.45, 2.75) is 25.8 Å². The second kappa shape index (κ2) is 3.79. The molecule has 2 rings (SSSR count). The van der Waals surface area contributed by atoms with E-state index in [0.717, 1.165) is 22.9 Å². The lowest BCUT2D eigenvalue weighted by Gasteiger charge is -2.18. The Morgan fingerprint density at radius 3 is 3.00 bits per heavy atom. The number of nitrogens with zero attached hydrogens (tertiary/aromatic N) is 1. The Morgan fingerprint density at radius 2 is 2.40 bits per heavy atom.